The van der Waals surface area contributed by atoms with Crippen LogP contribution in [0.4, 0.5) is 4.39 Å². The Labute approximate surface area is 145 Å². The maximum atomic E-state index is 13.1. The van der Waals surface area contributed by atoms with Gasteiger partial charge in [-0.3, -0.25) is 9.59 Å². The molecular formula is C16H22ClFN2O4. The van der Waals surface area contributed by atoms with Crippen LogP contribution in [0.15, 0.2) is 18.2 Å². The van der Waals surface area contributed by atoms with Crippen molar-refractivity contribution in [2.75, 3.05) is 13.2 Å². The van der Waals surface area contributed by atoms with Gasteiger partial charge in [-0.2, -0.15) is 0 Å². The fraction of sp³-hybridized carbons (Fsp3) is 0.500. The Bertz CT molecular complexity index is 610. The van der Waals surface area contributed by atoms with Gasteiger partial charge in [0.1, 0.15) is 11.9 Å². The SMILES string of the molecule is C[C@@H](CNC(=O)[C@H](O)C(C)(C)CO)NC(=O)c1ccc(F)c(Cl)c1. The number of aliphatic hydroxyl groups is 2. The van der Waals surface area contributed by atoms with Crippen molar-refractivity contribution in [1.82, 2.24) is 10.6 Å². The smallest absolute Gasteiger partial charge is 0.251 e. The standard InChI is InChI=1S/C16H22ClFN2O4/c1-9(7-19-15(24)13(22)16(2,3)8-21)20-14(23)10-4-5-12(18)11(17)6-10/h4-6,9,13,21-22H,7-8H2,1-3H3,(H,19,24)(H,20,23)/t9-,13-/m0/s1. The van der Waals surface area contributed by atoms with Gasteiger partial charge >= 0.3 is 0 Å². The number of benzene rings is 1. The topological polar surface area (TPSA) is 98.7 Å². The Morgan fingerprint density at radius 2 is 2.00 bits per heavy atom. The van der Waals surface area contributed by atoms with Crippen LogP contribution in [0.3, 0.4) is 0 Å². The Hall–Kier alpha value is -1.70. The van der Waals surface area contributed by atoms with E-state index in [1.807, 2.05) is 0 Å². The number of hydrogen-bond acceptors (Lipinski definition) is 4. The number of rotatable bonds is 7. The molecule has 0 aliphatic carbocycles. The molecule has 1 aromatic rings. The average Bonchev–Trinajstić information content (AvgIpc) is 2.54. The van der Waals surface area contributed by atoms with Gasteiger partial charge in [0.15, 0.2) is 0 Å². The molecule has 0 bridgehead atoms. The second kappa shape index (κ2) is 8.41. The first kappa shape index (κ1) is 20.3. The van der Waals surface area contributed by atoms with Crippen molar-refractivity contribution in [2.45, 2.75) is 32.9 Å². The summed E-state index contributed by atoms with van der Waals surface area (Å²) >= 11 is 5.63. The van der Waals surface area contributed by atoms with Crippen molar-refractivity contribution in [3.05, 3.63) is 34.6 Å². The summed E-state index contributed by atoms with van der Waals surface area (Å²) in [7, 11) is 0. The number of carbonyl (C=O) groups excluding carboxylic acids is 2. The van der Waals surface area contributed by atoms with Crippen LogP contribution < -0.4 is 10.6 Å². The summed E-state index contributed by atoms with van der Waals surface area (Å²) in [5.41, 5.74) is -0.775. The fourth-order valence-corrected chi connectivity index (χ4v) is 1.97. The lowest BCUT2D eigenvalue weighted by molar-refractivity contribution is -0.137. The Kier molecular flexibility index (Phi) is 7.13. The molecule has 0 unspecified atom stereocenters. The molecule has 0 aliphatic heterocycles. The van der Waals surface area contributed by atoms with Gasteiger partial charge in [0.05, 0.1) is 11.6 Å². The van der Waals surface area contributed by atoms with Gasteiger partial charge < -0.3 is 20.8 Å². The highest BCUT2D eigenvalue weighted by molar-refractivity contribution is 6.31. The highest BCUT2D eigenvalue weighted by Gasteiger charge is 2.32. The van der Waals surface area contributed by atoms with Gasteiger partial charge in [-0.15, -0.1) is 0 Å². The van der Waals surface area contributed by atoms with Crippen LogP contribution in [0.1, 0.15) is 31.1 Å². The van der Waals surface area contributed by atoms with Crippen LogP contribution in [0.5, 0.6) is 0 Å². The maximum Gasteiger partial charge on any atom is 0.251 e. The van der Waals surface area contributed by atoms with Crippen LogP contribution in [-0.4, -0.2) is 47.3 Å². The molecule has 2 atom stereocenters. The van der Waals surface area contributed by atoms with Crippen LogP contribution in [-0.2, 0) is 4.79 Å². The number of amides is 2. The predicted octanol–water partition coefficient (Wildman–Crippen LogP) is 1.09. The van der Waals surface area contributed by atoms with Crippen molar-refractivity contribution in [3.8, 4) is 0 Å². The lowest BCUT2D eigenvalue weighted by Crippen LogP contribution is -2.49. The van der Waals surface area contributed by atoms with Crippen molar-refractivity contribution >= 4 is 23.4 Å². The zero-order chi connectivity index (χ0) is 18.5. The van der Waals surface area contributed by atoms with Gasteiger partial charge in [-0.05, 0) is 25.1 Å². The third kappa shape index (κ3) is 5.43. The fourth-order valence-electron chi connectivity index (χ4n) is 1.79. The molecule has 0 radical (unpaired) electrons. The molecule has 0 spiro atoms. The van der Waals surface area contributed by atoms with Gasteiger partial charge in [0, 0.05) is 23.6 Å². The van der Waals surface area contributed by atoms with Crippen molar-refractivity contribution in [1.29, 1.82) is 0 Å². The molecule has 0 saturated heterocycles. The van der Waals surface area contributed by atoms with E-state index in [1.54, 1.807) is 20.8 Å². The summed E-state index contributed by atoms with van der Waals surface area (Å²) in [6, 6.07) is 3.17. The Morgan fingerprint density at radius 1 is 1.38 bits per heavy atom. The van der Waals surface area contributed by atoms with Crippen molar-refractivity contribution in [2.24, 2.45) is 5.41 Å². The molecule has 134 valence electrons. The molecule has 0 aromatic heterocycles. The van der Waals surface area contributed by atoms with E-state index < -0.39 is 35.2 Å². The molecule has 0 saturated carbocycles. The predicted molar refractivity (Wildman–Crippen MR) is 88.2 cm³/mol. The summed E-state index contributed by atoms with van der Waals surface area (Å²) in [4.78, 5) is 23.9. The normalized spacial score (nSPS) is 14.0. The lowest BCUT2D eigenvalue weighted by atomic mass is 9.87. The van der Waals surface area contributed by atoms with E-state index in [0.29, 0.717) is 0 Å². The van der Waals surface area contributed by atoms with Crippen molar-refractivity contribution < 1.29 is 24.2 Å². The maximum absolute atomic E-state index is 13.1. The highest BCUT2D eigenvalue weighted by Crippen LogP contribution is 2.19. The minimum Gasteiger partial charge on any atom is -0.396 e. The minimum absolute atomic E-state index is 0.0814. The number of hydrogen-bond donors (Lipinski definition) is 4. The molecule has 0 heterocycles. The van der Waals surface area contributed by atoms with Gasteiger partial charge in [-0.25, -0.2) is 4.39 Å². The summed E-state index contributed by atoms with van der Waals surface area (Å²) in [5.74, 6) is -1.72. The minimum atomic E-state index is -1.37. The third-order valence-corrected chi connectivity index (χ3v) is 3.83. The van der Waals surface area contributed by atoms with E-state index in [4.69, 9.17) is 16.7 Å². The van der Waals surface area contributed by atoms with E-state index >= 15 is 0 Å². The summed E-state index contributed by atoms with van der Waals surface area (Å²) in [6.07, 6.45) is -1.37. The molecule has 4 N–H and O–H groups in total. The first-order chi connectivity index (χ1) is 11.1. The average molecular weight is 361 g/mol. The van der Waals surface area contributed by atoms with Crippen LogP contribution in [0.25, 0.3) is 0 Å². The molecular weight excluding hydrogens is 339 g/mol. The second-order valence-electron chi connectivity index (χ2n) is 6.30. The molecule has 24 heavy (non-hydrogen) atoms. The molecule has 8 heteroatoms. The molecule has 0 fully saturated rings. The van der Waals surface area contributed by atoms with Crippen molar-refractivity contribution in [3.63, 3.8) is 0 Å². The zero-order valence-corrected chi connectivity index (χ0v) is 14.5. The van der Waals surface area contributed by atoms with Gasteiger partial charge in [-0.1, -0.05) is 25.4 Å². The largest absolute Gasteiger partial charge is 0.396 e. The number of nitrogens with one attached hydrogen (secondary N) is 2. The third-order valence-electron chi connectivity index (χ3n) is 3.54. The van der Waals surface area contributed by atoms with E-state index in [2.05, 4.69) is 10.6 Å². The Morgan fingerprint density at radius 3 is 2.54 bits per heavy atom. The lowest BCUT2D eigenvalue weighted by Gasteiger charge is -2.27. The van der Waals surface area contributed by atoms with E-state index in [9.17, 15) is 19.1 Å². The Balaban J connectivity index is 2.54. The summed E-state index contributed by atoms with van der Waals surface area (Å²) in [6.45, 7) is 4.51. The van der Waals surface area contributed by atoms with Crippen LogP contribution in [0, 0.1) is 11.2 Å². The molecule has 1 aromatic carbocycles. The number of aliphatic hydroxyl groups excluding tert-OH is 2. The molecule has 0 aliphatic rings. The summed E-state index contributed by atoms with van der Waals surface area (Å²) < 4.78 is 13.1. The quantitative estimate of drug-likeness (QED) is 0.585. The first-order valence-electron chi connectivity index (χ1n) is 7.41. The monoisotopic (exact) mass is 360 g/mol. The van der Waals surface area contributed by atoms with E-state index in [0.717, 1.165) is 6.07 Å². The number of halogens is 2. The van der Waals surface area contributed by atoms with Gasteiger partial charge in [0.2, 0.25) is 5.91 Å². The molecule has 2 amide bonds. The second-order valence-corrected chi connectivity index (χ2v) is 6.70. The first-order valence-corrected chi connectivity index (χ1v) is 7.79. The zero-order valence-electron chi connectivity index (χ0n) is 13.8. The molecule has 6 nitrogen and oxygen atoms in total. The highest BCUT2D eigenvalue weighted by atomic mass is 35.5. The summed E-state index contributed by atoms with van der Waals surface area (Å²) in [5, 5.41) is 24.0. The van der Waals surface area contributed by atoms with E-state index in [-0.39, 0.29) is 23.7 Å². The van der Waals surface area contributed by atoms with Crippen LogP contribution >= 0.6 is 11.6 Å². The molecule has 1 rings (SSSR count). The number of carbonyl (C=O) groups is 2. The van der Waals surface area contributed by atoms with Crippen LogP contribution in [0.2, 0.25) is 5.02 Å². The van der Waals surface area contributed by atoms with E-state index in [1.165, 1.54) is 12.1 Å². The van der Waals surface area contributed by atoms with Gasteiger partial charge in [0.25, 0.3) is 5.91 Å².